The Morgan fingerprint density at radius 3 is 2.52 bits per heavy atom. The maximum atomic E-state index is 12.5. The van der Waals surface area contributed by atoms with Crippen LogP contribution in [-0.2, 0) is 13.0 Å². The number of nitrogens with zero attached hydrogens (tertiary/aromatic N) is 3. The molecule has 4 aromatic rings. The molecule has 2 aromatic carbocycles. The van der Waals surface area contributed by atoms with Crippen LogP contribution in [0.5, 0.6) is 17.2 Å². The van der Waals surface area contributed by atoms with Gasteiger partial charge in [0.05, 0.1) is 13.3 Å². The number of allylic oxidation sites excluding steroid dienone is 1. The van der Waals surface area contributed by atoms with Gasteiger partial charge in [0.2, 0.25) is 0 Å². The summed E-state index contributed by atoms with van der Waals surface area (Å²) in [7, 11) is 1.51. The molecule has 2 aromatic heterocycles. The van der Waals surface area contributed by atoms with E-state index in [-0.39, 0.29) is 19.0 Å². The zero-order valence-corrected chi connectivity index (χ0v) is 22.6. The molecular weight excluding hydrogens is 508 g/mol. The van der Waals surface area contributed by atoms with Gasteiger partial charge in [0.15, 0.2) is 23.9 Å². The second kappa shape index (κ2) is 13.0. The van der Waals surface area contributed by atoms with Crippen molar-refractivity contribution >= 4 is 12.1 Å². The Morgan fingerprint density at radius 1 is 1.10 bits per heavy atom. The summed E-state index contributed by atoms with van der Waals surface area (Å²) in [6, 6.07) is 20.7. The van der Waals surface area contributed by atoms with Crippen molar-refractivity contribution in [2.75, 3.05) is 13.7 Å². The number of methoxy groups -OCH3 is 1. The molecule has 204 valence electrons. The fourth-order valence-corrected chi connectivity index (χ4v) is 4.20. The van der Waals surface area contributed by atoms with Crippen LogP contribution in [0.4, 0.5) is 0 Å². The smallest absolute Gasteiger partial charge is 0.307 e. The first kappa shape index (κ1) is 27.8. The Hall–Kier alpha value is -5.23. The number of benzene rings is 2. The molecule has 9 nitrogen and oxygen atoms in total. The molecule has 0 radical (unpaired) electrons. The quantitative estimate of drug-likeness (QED) is 0.141. The summed E-state index contributed by atoms with van der Waals surface area (Å²) in [5.41, 5.74) is 7.28. The van der Waals surface area contributed by atoms with Crippen molar-refractivity contribution in [1.82, 2.24) is 9.99 Å². The number of hydrogen-bond donors (Lipinski definition) is 1. The Balaban J connectivity index is 1.35. The Kier molecular flexibility index (Phi) is 9.05. The highest BCUT2D eigenvalue weighted by Crippen LogP contribution is 2.33. The molecule has 0 saturated heterocycles. The van der Waals surface area contributed by atoms with E-state index in [2.05, 4.69) is 47.7 Å². The van der Waals surface area contributed by atoms with Crippen LogP contribution in [-0.4, -0.2) is 30.4 Å². The predicted octanol–water partition coefficient (Wildman–Crippen LogP) is 5.67. The Morgan fingerprint density at radius 2 is 1.85 bits per heavy atom. The molecule has 0 atom stereocenters. The summed E-state index contributed by atoms with van der Waals surface area (Å²) >= 11 is 0. The van der Waals surface area contributed by atoms with Crippen molar-refractivity contribution in [2.24, 2.45) is 5.10 Å². The molecule has 1 amide bonds. The molecule has 0 spiro atoms. The summed E-state index contributed by atoms with van der Waals surface area (Å²) < 4.78 is 24.6. The Labute approximate surface area is 232 Å². The van der Waals surface area contributed by atoms with Crippen LogP contribution < -0.4 is 19.6 Å². The van der Waals surface area contributed by atoms with Crippen LogP contribution in [0.1, 0.15) is 38.8 Å². The van der Waals surface area contributed by atoms with Crippen LogP contribution >= 0.6 is 0 Å². The van der Waals surface area contributed by atoms with Gasteiger partial charge in [-0.2, -0.15) is 10.4 Å². The van der Waals surface area contributed by atoms with Gasteiger partial charge in [0, 0.05) is 22.6 Å². The van der Waals surface area contributed by atoms with E-state index in [9.17, 15) is 4.79 Å². The minimum atomic E-state index is -0.503. The molecule has 1 N–H and O–H groups in total. The second-order valence-corrected chi connectivity index (χ2v) is 8.85. The van der Waals surface area contributed by atoms with Crippen molar-refractivity contribution in [3.63, 3.8) is 0 Å². The molecule has 4 rings (SSSR count). The number of nitrogens with one attached hydrogen (secondary N) is 1. The molecule has 0 aliphatic carbocycles. The standard InChI is InChI=1S/C31H30N4O5/c1-5-6-24-17-23(18-29(37-4)30(24)38-16-15-32)19-33-34-31(36)28-14-13-27(40-28)20-39-26-11-9-25(10-12-26)35-21(2)7-8-22(35)3/h5,7-14,17-19H,1,6,16,20H2,2-4H3,(H,34,36)/b33-19+. The third kappa shape index (κ3) is 6.60. The maximum absolute atomic E-state index is 12.5. The van der Waals surface area contributed by atoms with Crippen molar-refractivity contribution in [1.29, 1.82) is 5.26 Å². The fourth-order valence-electron chi connectivity index (χ4n) is 4.20. The first-order valence-electron chi connectivity index (χ1n) is 12.5. The van der Waals surface area contributed by atoms with Gasteiger partial charge < -0.3 is 23.2 Å². The van der Waals surface area contributed by atoms with Crippen LogP contribution in [0.2, 0.25) is 0 Å². The number of hydrogen-bond acceptors (Lipinski definition) is 7. The summed E-state index contributed by atoms with van der Waals surface area (Å²) in [6.07, 6.45) is 3.70. The highest BCUT2D eigenvalue weighted by atomic mass is 16.5. The number of aromatic nitrogens is 1. The zero-order chi connectivity index (χ0) is 28.5. The van der Waals surface area contributed by atoms with Gasteiger partial charge in [-0.3, -0.25) is 4.79 Å². The first-order chi connectivity index (χ1) is 19.4. The monoisotopic (exact) mass is 538 g/mol. The van der Waals surface area contributed by atoms with E-state index in [1.165, 1.54) is 13.3 Å². The second-order valence-electron chi connectivity index (χ2n) is 8.85. The number of amides is 1. The minimum absolute atomic E-state index is 0.106. The largest absolute Gasteiger partial charge is 0.493 e. The van der Waals surface area contributed by atoms with Crippen molar-refractivity contribution < 1.29 is 23.4 Å². The lowest BCUT2D eigenvalue weighted by atomic mass is 10.1. The minimum Gasteiger partial charge on any atom is -0.493 e. The third-order valence-corrected chi connectivity index (χ3v) is 6.03. The van der Waals surface area contributed by atoms with Gasteiger partial charge in [0.1, 0.15) is 24.2 Å². The normalized spacial score (nSPS) is 10.8. The summed E-state index contributed by atoms with van der Waals surface area (Å²) in [4.78, 5) is 12.5. The highest BCUT2D eigenvalue weighted by Gasteiger charge is 2.14. The molecule has 0 saturated carbocycles. The average molecular weight is 539 g/mol. The van der Waals surface area contributed by atoms with Gasteiger partial charge in [-0.05, 0) is 86.5 Å². The molecule has 40 heavy (non-hydrogen) atoms. The fraction of sp³-hybridized carbons (Fsp3) is 0.194. The van der Waals surface area contributed by atoms with Gasteiger partial charge in [-0.15, -0.1) is 6.58 Å². The maximum Gasteiger partial charge on any atom is 0.307 e. The van der Waals surface area contributed by atoms with Crippen molar-refractivity contribution in [3.8, 4) is 29.0 Å². The van der Waals surface area contributed by atoms with Crippen LogP contribution in [0, 0.1) is 25.2 Å². The summed E-state index contributed by atoms with van der Waals surface area (Å²) in [5, 5.41) is 12.9. The van der Waals surface area contributed by atoms with Gasteiger partial charge in [0.25, 0.3) is 0 Å². The molecule has 0 bridgehead atoms. The average Bonchev–Trinajstić information content (AvgIpc) is 3.57. The lowest BCUT2D eigenvalue weighted by molar-refractivity contribution is 0.0923. The molecule has 0 fully saturated rings. The van der Waals surface area contributed by atoms with Crippen LogP contribution in [0.25, 0.3) is 5.69 Å². The lowest BCUT2D eigenvalue weighted by Gasteiger charge is -2.13. The Bertz CT molecular complexity index is 1540. The molecule has 2 heterocycles. The van der Waals surface area contributed by atoms with Crippen LogP contribution in [0.3, 0.4) is 0 Å². The number of ether oxygens (including phenoxy) is 3. The predicted molar refractivity (Wildman–Crippen MR) is 151 cm³/mol. The third-order valence-electron chi connectivity index (χ3n) is 6.03. The molecule has 9 heteroatoms. The van der Waals surface area contributed by atoms with E-state index in [1.807, 2.05) is 36.4 Å². The van der Waals surface area contributed by atoms with Gasteiger partial charge >= 0.3 is 5.91 Å². The first-order valence-corrected chi connectivity index (χ1v) is 12.5. The van der Waals surface area contributed by atoms with Crippen molar-refractivity contribution in [2.45, 2.75) is 26.9 Å². The van der Waals surface area contributed by atoms with E-state index < -0.39 is 5.91 Å². The number of rotatable bonds is 12. The van der Waals surface area contributed by atoms with Gasteiger partial charge in [-0.1, -0.05) is 6.08 Å². The highest BCUT2D eigenvalue weighted by molar-refractivity contribution is 5.92. The zero-order valence-electron chi connectivity index (χ0n) is 22.6. The van der Waals surface area contributed by atoms with E-state index in [4.69, 9.17) is 23.9 Å². The summed E-state index contributed by atoms with van der Waals surface area (Å²) in [6.45, 7) is 7.95. The van der Waals surface area contributed by atoms with E-state index in [1.54, 1.807) is 24.3 Å². The van der Waals surface area contributed by atoms with E-state index >= 15 is 0 Å². The number of hydrazone groups is 1. The van der Waals surface area contributed by atoms with Gasteiger partial charge in [-0.25, -0.2) is 5.43 Å². The SMILES string of the molecule is C=CCc1cc(/C=N/NC(=O)c2ccc(COc3ccc(-n4c(C)ccc4C)cc3)o2)cc(OC)c1OCC#N. The number of furan rings is 1. The molecule has 0 aliphatic heterocycles. The summed E-state index contributed by atoms with van der Waals surface area (Å²) in [5.74, 6) is 1.71. The van der Waals surface area contributed by atoms with Crippen molar-refractivity contribution in [3.05, 3.63) is 107 Å². The molecule has 0 unspecified atom stereocenters. The number of aryl methyl sites for hydroxylation is 2. The number of carbonyl (C=O) groups excluding carboxylic acids is 1. The van der Waals surface area contributed by atoms with E-state index in [0.29, 0.717) is 35.0 Å². The molecule has 0 aliphatic rings. The number of carbonyl (C=O) groups is 1. The van der Waals surface area contributed by atoms with Crippen LogP contribution in [0.15, 0.2) is 82.8 Å². The molecular formula is C31H30N4O5. The van der Waals surface area contributed by atoms with E-state index in [0.717, 1.165) is 22.6 Å². The topological polar surface area (TPSA) is 111 Å². The number of nitriles is 1. The lowest BCUT2D eigenvalue weighted by Crippen LogP contribution is -2.16.